The Morgan fingerprint density at radius 2 is 1.57 bits per heavy atom. The van der Waals surface area contributed by atoms with Crippen molar-refractivity contribution in [2.45, 2.75) is 112 Å². The molecule has 0 radical (unpaired) electrons. The normalized spacial score (nSPS) is 21.3. The molecule has 1 N–H and O–H groups in total. The number of halogens is 1. The Kier molecular flexibility index (Phi) is 17.1. The third-order valence-corrected chi connectivity index (χ3v) is 12.1. The molecule has 2 aromatic carbocycles. The molecule has 2 unspecified atom stereocenters. The molecule has 1 saturated carbocycles. The van der Waals surface area contributed by atoms with Crippen molar-refractivity contribution >= 4 is 22.9 Å². The zero-order chi connectivity index (χ0) is 41.8. The predicted molar refractivity (Wildman–Crippen MR) is 233 cm³/mol. The van der Waals surface area contributed by atoms with E-state index in [1.807, 2.05) is 23.6 Å². The Morgan fingerprint density at radius 3 is 2.16 bits per heavy atom. The fraction of sp³-hybridized carbons (Fsp3) is 0.532. The Morgan fingerprint density at radius 1 is 0.897 bits per heavy atom. The zero-order valence-electron chi connectivity index (χ0n) is 35.9. The number of morpholine rings is 1. The lowest BCUT2D eigenvalue weighted by Gasteiger charge is -2.36. The first kappa shape index (κ1) is 45.2. The van der Waals surface area contributed by atoms with Gasteiger partial charge in [0.15, 0.2) is 11.6 Å². The van der Waals surface area contributed by atoms with E-state index in [0.717, 1.165) is 92.7 Å². The first-order valence-electron chi connectivity index (χ1n) is 21.0. The maximum absolute atomic E-state index is 13.7. The minimum Gasteiger partial charge on any atom is -0.438 e. The highest BCUT2D eigenvalue weighted by Crippen LogP contribution is 2.32. The van der Waals surface area contributed by atoms with Gasteiger partial charge >= 0.3 is 0 Å². The van der Waals surface area contributed by atoms with E-state index >= 15 is 0 Å². The third kappa shape index (κ3) is 13.9. The molecule has 2 saturated heterocycles. The number of Topliss-reactive ketones (excluding diaryl/α,β-unsaturated/α-hetero) is 2. The van der Waals surface area contributed by atoms with E-state index < -0.39 is 5.82 Å². The number of carbonyl (C=O) groups is 2. The lowest BCUT2D eigenvalue weighted by molar-refractivity contribution is 0.0342. The molecular formula is C47H64FN5O4S. The summed E-state index contributed by atoms with van der Waals surface area (Å²) in [5.74, 6) is 2.28. The molecule has 2 aromatic heterocycles. The molecule has 3 aliphatic rings. The van der Waals surface area contributed by atoms with Gasteiger partial charge in [0.25, 0.3) is 0 Å². The molecule has 0 amide bonds. The van der Waals surface area contributed by atoms with Crippen molar-refractivity contribution in [3.05, 3.63) is 93.3 Å². The SMILES string of the molecule is CC(=O)c1cc(F)cnc1Oc1cccc(-c2ccc(CN3CC(C)NC(C)C3)cc2CN2CCOCC2)c1.CC(=O)c1csc(C(C)C)n1.CC1CCC(C)CC1. The topological polar surface area (TPSA) is 96.9 Å². The molecule has 314 valence electrons. The van der Waals surface area contributed by atoms with Crippen LogP contribution in [0.15, 0.2) is 60.1 Å². The van der Waals surface area contributed by atoms with E-state index in [1.54, 1.807) is 18.3 Å². The summed E-state index contributed by atoms with van der Waals surface area (Å²) in [6.45, 7) is 23.4. The van der Waals surface area contributed by atoms with Crippen LogP contribution in [0.25, 0.3) is 11.1 Å². The maximum atomic E-state index is 13.7. The summed E-state index contributed by atoms with van der Waals surface area (Å²) >= 11 is 1.55. The molecule has 4 heterocycles. The van der Waals surface area contributed by atoms with Crippen LogP contribution in [0.2, 0.25) is 0 Å². The van der Waals surface area contributed by atoms with Gasteiger partial charge in [0, 0.05) is 69.6 Å². The van der Waals surface area contributed by atoms with E-state index in [9.17, 15) is 14.0 Å². The van der Waals surface area contributed by atoms with Gasteiger partial charge in [-0.2, -0.15) is 0 Å². The number of ether oxygens (including phenoxy) is 2. The minimum atomic E-state index is -0.570. The number of nitrogens with one attached hydrogen (secondary N) is 1. The Balaban J connectivity index is 0.000000275. The third-order valence-electron chi connectivity index (χ3n) is 10.9. The van der Waals surface area contributed by atoms with Crippen molar-refractivity contribution in [3.63, 3.8) is 0 Å². The highest BCUT2D eigenvalue weighted by atomic mass is 32.1. The van der Waals surface area contributed by atoms with E-state index in [-0.39, 0.29) is 23.0 Å². The summed E-state index contributed by atoms with van der Waals surface area (Å²) in [6, 6.07) is 16.6. The van der Waals surface area contributed by atoms with Gasteiger partial charge in [0.1, 0.15) is 17.3 Å². The number of benzene rings is 2. The quantitative estimate of drug-likeness (QED) is 0.157. The molecule has 0 bridgehead atoms. The van der Waals surface area contributed by atoms with Crippen LogP contribution >= 0.6 is 11.3 Å². The van der Waals surface area contributed by atoms with Gasteiger partial charge in [-0.1, -0.05) is 83.7 Å². The predicted octanol–water partition coefficient (Wildman–Crippen LogP) is 10.2. The van der Waals surface area contributed by atoms with Gasteiger partial charge in [-0.05, 0) is 73.1 Å². The number of ketones is 2. The highest BCUT2D eigenvalue weighted by Gasteiger charge is 2.22. The standard InChI is InChI=1S/C31H37FN4O3.C8H11NOS.C8H16/c1-21-17-36(18-22(2)34-21)19-24-7-8-29(26(13-24)20-35-9-11-38-12-10-35)25-5-4-6-28(14-25)39-31-30(23(3)37)15-27(32)16-33-31;1-5(2)8-9-7(4-11-8)6(3)10;1-7-3-5-8(2)6-4-7/h4-8,13-16,21-22,34H,9-12,17-20H2,1-3H3;4-5H,1-3H3;7-8H,3-6H2,1-2H3. The molecule has 1 aliphatic carbocycles. The molecule has 7 rings (SSSR count). The number of thiazole rings is 1. The van der Waals surface area contributed by atoms with Crippen molar-refractivity contribution in [1.29, 1.82) is 0 Å². The number of rotatable bonds is 10. The van der Waals surface area contributed by atoms with Crippen LogP contribution in [0.1, 0.15) is 124 Å². The van der Waals surface area contributed by atoms with Gasteiger partial charge in [0.2, 0.25) is 5.88 Å². The molecule has 58 heavy (non-hydrogen) atoms. The fourth-order valence-corrected chi connectivity index (χ4v) is 8.60. The molecule has 9 nitrogen and oxygen atoms in total. The van der Waals surface area contributed by atoms with Crippen molar-refractivity contribution < 1.29 is 23.5 Å². The van der Waals surface area contributed by atoms with Crippen molar-refractivity contribution in [1.82, 2.24) is 25.1 Å². The Hall–Kier alpha value is -3.87. The van der Waals surface area contributed by atoms with Gasteiger partial charge in [-0.25, -0.2) is 14.4 Å². The lowest BCUT2D eigenvalue weighted by Crippen LogP contribution is -2.53. The highest BCUT2D eigenvalue weighted by molar-refractivity contribution is 7.09. The van der Waals surface area contributed by atoms with Crippen molar-refractivity contribution in [3.8, 4) is 22.8 Å². The lowest BCUT2D eigenvalue weighted by atomic mass is 9.84. The summed E-state index contributed by atoms with van der Waals surface area (Å²) in [6.07, 6.45) is 6.95. The summed E-state index contributed by atoms with van der Waals surface area (Å²) in [5.41, 5.74) is 5.42. The number of nitrogens with zero attached hydrogens (tertiary/aromatic N) is 4. The van der Waals surface area contributed by atoms with Crippen LogP contribution < -0.4 is 10.1 Å². The van der Waals surface area contributed by atoms with Gasteiger partial charge in [0.05, 0.1) is 30.0 Å². The molecule has 4 aromatic rings. The van der Waals surface area contributed by atoms with E-state index in [4.69, 9.17) is 9.47 Å². The first-order valence-corrected chi connectivity index (χ1v) is 21.9. The minimum absolute atomic E-state index is 0.0492. The van der Waals surface area contributed by atoms with Crippen LogP contribution in [0, 0.1) is 17.7 Å². The van der Waals surface area contributed by atoms with Crippen LogP contribution in [0.3, 0.4) is 0 Å². The second kappa shape index (κ2) is 21.9. The second-order valence-corrected chi connectivity index (χ2v) is 17.8. The summed E-state index contributed by atoms with van der Waals surface area (Å²) < 4.78 is 25.3. The Bertz CT molecular complexity index is 1920. The van der Waals surface area contributed by atoms with Gasteiger partial charge < -0.3 is 14.8 Å². The Labute approximate surface area is 349 Å². The van der Waals surface area contributed by atoms with E-state index in [2.05, 4.69) is 90.9 Å². The van der Waals surface area contributed by atoms with Gasteiger partial charge in [-0.3, -0.25) is 19.4 Å². The van der Waals surface area contributed by atoms with Gasteiger partial charge in [-0.15, -0.1) is 11.3 Å². The average molecular weight is 814 g/mol. The monoisotopic (exact) mass is 813 g/mol. The average Bonchev–Trinajstić information content (AvgIpc) is 3.69. The number of piperazine rings is 1. The first-order chi connectivity index (χ1) is 27.7. The molecule has 0 spiro atoms. The van der Waals surface area contributed by atoms with Crippen molar-refractivity contribution in [2.75, 3.05) is 39.4 Å². The summed E-state index contributed by atoms with van der Waals surface area (Å²) in [5, 5.41) is 6.47. The van der Waals surface area contributed by atoms with Crippen molar-refractivity contribution in [2.24, 2.45) is 11.8 Å². The van der Waals surface area contributed by atoms with Crippen LogP contribution in [-0.2, 0) is 17.8 Å². The number of hydrogen-bond acceptors (Lipinski definition) is 10. The maximum Gasteiger partial charge on any atom is 0.230 e. The molecule has 2 aliphatic heterocycles. The molecule has 3 fully saturated rings. The van der Waals surface area contributed by atoms with Crippen LogP contribution in [0.5, 0.6) is 11.6 Å². The zero-order valence-corrected chi connectivity index (χ0v) is 36.7. The van der Waals surface area contributed by atoms with E-state index in [1.165, 1.54) is 43.7 Å². The molecule has 2 atom stereocenters. The number of pyridine rings is 1. The van der Waals surface area contributed by atoms with E-state index in [0.29, 0.717) is 29.4 Å². The molecular weight excluding hydrogens is 750 g/mol. The summed E-state index contributed by atoms with van der Waals surface area (Å²) in [7, 11) is 0. The second-order valence-electron chi connectivity index (χ2n) is 16.9. The number of carbonyl (C=O) groups excluding carboxylic acids is 2. The van der Waals surface area contributed by atoms with Crippen LogP contribution in [-0.4, -0.2) is 82.8 Å². The number of aromatic nitrogens is 2. The fourth-order valence-electron chi connectivity index (χ4n) is 7.73. The van der Waals surface area contributed by atoms with Crippen LogP contribution in [0.4, 0.5) is 4.39 Å². The largest absolute Gasteiger partial charge is 0.438 e. The smallest absolute Gasteiger partial charge is 0.230 e. The number of hydrogen-bond donors (Lipinski definition) is 1. The summed E-state index contributed by atoms with van der Waals surface area (Å²) in [4.78, 5) is 36.0. The molecule has 11 heteroatoms.